The summed E-state index contributed by atoms with van der Waals surface area (Å²) >= 11 is 1.46. The summed E-state index contributed by atoms with van der Waals surface area (Å²) in [5.41, 5.74) is 2.47. The molecule has 0 radical (unpaired) electrons. The number of aromatic nitrogens is 3. The Balaban J connectivity index is 1.64. The number of methoxy groups -OCH3 is 1. The van der Waals surface area contributed by atoms with Gasteiger partial charge in [-0.2, -0.15) is 4.98 Å². The third kappa shape index (κ3) is 2.97. The average Bonchev–Trinajstić information content (AvgIpc) is 3.22. The lowest BCUT2D eigenvalue weighted by atomic mass is 10.1. The zero-order valence-corrected chi connectivity index (χ0v) is 15.2. The molecular weight excluding hydrogens is 350 g/mol. The normalized spacial score (nSPS) is 11.0. The molecule has 2 heterocycles. The monoisotopic (exact) mass is 367 g/mol. The minimum atomic E-state index is 0.165. The van der Waals surface area contributed by atoms with E-state index in [9.17, 15) is 5.11 Å². The number of para-hydroxylation sites is 1. The fraction of sp³-hybridized carbons (Fsp3) is 0.158. The maximum atomic E-state index is 10.2. The van der Waals surface area contributed by atoms with Crippen molar-refractivity contribution in [1.29, 1.82) is 0 Å². The average molecular weight is 367 g/mol. The zero-order valence-electron chi connectivity index (χ0n) is 14.3. The summed E-state index contributed by atoms with van der Waals surface area (Å²) in [6, 6.07) is 12.9. The van der Waals surface area contributed by atoms with Gasteiger partial charge in [-0.1, -0.05) is 18.2 Å². The Kier molecular flexibility index (Phi) is 4.22. The molecule has 0 aliphatic rings. The second-order valence-corrected chi connectivity index (χ2v) is 6.62. The first-order valence-electron chi connectivity index (χ1n) is 8.04. The van der Waals surface area contributed by atoms with Crippen LogP contribution in [0.25, 0.3) is 16.2 Å². The maximum absolute atomic E-state index is 10.2. The van der Waals surface area contributed by atoms with Crippen molar-refractivity contribution < 1.29 is 14.6 Å². The molecule has 0 amide bonds. The van der Waals surface area contributed by atoms with Gasteiger partial charge in [0.2, 0.25) is 4.96 Å². The molecule has 4 rings (SSSR count). The molecule has 7 heteroatoms. The topological polar surface area (TPSA) is 68.9 Å². The molecule has 0 aliphatic carbocycles. The van der Waals surface area contributed by atoms with Crippen LogP contribution in [0.15, 0.2) is 47.8 Å². The number of phenols is 1. The summed E-state index contributed by atoms with van der Waals surface area (Å²) in [5, 5.41) is 16.7. The molecule has 6 nitrogen and oxygen atoms in total. The van der Waals surface area contributed by atoms with Crippen molar-refractivity contribution in [1.82, 2.24) is 14.6 Å². The largest absolute Gasteiger partial charge is 0.507 e. The van der Waals surface area contributed by atoms with E-state index in [1.807, 2.05) is 36.6 Å². The summed E-state index contributed by atoms with van der Waals surface area (Å²) in [6.07, 6.45) is 0. The zero-order chi connectivity index (χ0) is 18.1. The predicted molar refractivity (Wildman–Crippen MR) is 100 cm³/mol. The van der Waals surface area contributed by atoms with Gasteiger partial charge in [-0.25, -0.2) is 4.52 Å². The van der Waals surface area contributed by atoms with Gasteiger partial charge < -0.3 is 14.6 Å². The van der Waals surface area contributed by atoms with E-state index in [2.05, 4.69) is 10.1 Å². The highest BCUT2D eigenvalue weighted by atomic mass is 32.1. The first-order chi connectivity index (χ1) is 12.7. The molecule has 0 atom stereocenters. The molecule has 0 saturated carbocycles. The number of nitrogens with zero attached hydrogens (tertiary/aromatic N) is 3. The van der Waals surface area contributed by atoms with Gasteiger partial charge in [0.25, 0.3) is 0 Å². The number of aryl methyl sites for hydroxylation is 1. The van der Waals surface area contributed by atoms with Crippen molar-refractivity contribution in [2.24, 2.45) is 0 Å². The van der Waals surface area contributed by atoms with Gasteiger partial charge in [0.05, 0.1) is 12.8 Å². The van der Waals surface area contributed by atoms with Crippen LogP contribution in [0.1, 0.15) is 11.4 Å². The van der Waals surface area contributed by atoms with Crippen LogP contribution in [0.2, 0.25) is 0 Å². The Labute approximate surface area is 154 Å². The van der Waals surface area contributed by atoms with Crippen LogP contribution in [-0.4, -0.2) is 26.8 Å². The van der Waals surface area contributed by atoms with E-state index < -0.39 is 0 Å². The summed E-state index contributed by atoms with van der Waals surface area (Å²) in [4.78, 5) is 5.25. The van der Waals surface area contributed by atoms with Crippen molar-refractivity contribution in [3.05, 3.63) is 59.2 Å². The third-order valence-corrected chi connectivity index (χ3v) is 4.87. The van der Waals surface area contributed by atoms with E-state index in [4.69, 9.17) is 9.47 Å². The van der Waals surface area contributed by atoms with Gasteiger partial charge in [-0.3, -0.25) is 0 Å². The smallest absolute Gasteiger partial charge is 0.212 e. The number of benzene rings is 2. The molecule has 4 aromatic rings. The highest BCUT2D eigenvalue weighted by Gasteiger charge is 2.15. The van der Waals surface area contributed by atoms with Crippen molar-refractivity contribution in [3.63, 3.8) is 0 Å². The van der Waals surface area contributed by atoms with Crippen LogP contribution in [-0.2, 0) is 6.61 Å². The first-order valence-corrected chi connectivity index (χ1v) is 8.92. The Morgan fingerprint density at radius 2 is 2.04 bits per heavy atom. The SMILES string of the molecule is COc1ccc(O)c(-c2csc3nc(COc4ccccc4C)nn23)c1. The number of phenolic OH excluding ortho intramolecular Hbond substituents is 1. The Hall–Kier alpha value is -3.06. The molecule has 1 N–H and O–H groups in total. The van der Waals surface area contributed by atoms with Crippen LogP contribution in [0.5, 0.6) is 17.2 Å². The molecule has 0 saturated heterocycles. The summed E-state index contributed by atoms with van der Waals surface area (Å²) in [5.74, 6) is 2.24. The third-order valence-electron chi connectivity index (χ3n) is 4.06. The van der Waals surface area contributed by atoms with Gasteiger partial charge in [0.1, 0.15) is 23.9 Å². The highest BCUT2D eigenvalue weighted by Crippen LogP contribution is 2.34. The van der Waals surface area contributed by atoms with Gasteiger partial charge in [-0.05, 0) is 36.8 Å². The number of fused-ring (bicyclic) bond motifs is 1. The summed E-state index contributed by atoms with van der Waals surface area (Å²) < 4.78 is 12.8. The van der Waals surface area contributed by atoms with Crippen molar-refractivity contribution >= 4 is 16.3 Å². The molecule has 0 spiro atoms. The molecule has 2 aromatic carbocycles. The van der Waals surface area contributed by atoms with E-state index in [-0.39, 0.29) is 12.4 Å². The van der Waals surface area contributed by atoms with Crippen LogP contribution in [0.4, 0.5) is 0 Å². The van der Waals surface area contributed by atoms with E-state index in [1.54, 1.807) is 29.8 Å². The molecule has 0 fully saturated rings. The van der Waals surface area contributed by atoms with Crippen LogP contribution in [0.3, 0.4) is 0 Å². The Morgan fingerprint density at radius 3 is 2.85 bits per heavy atom. The number of hydrogen-bond acceptors (Lipinski definition) is 6. The molecule has 0 bridgehead atoms. The summed E-state index contributed by atoms with van der Waals surface area (Å²) in [6.45, 7) is 2.28. The fourth-order valence-corrected chi connectivity index (χ4v) is 3.52. The lowest BCUT2D eigenvalue weighted by Gasteiger charge is -2.06. The molecule has 2 aromatic heterocycles. The predicted octanol–water partition coefficient (Wildman–Crippen LogP) is 4.06. The van der Waals surface area contributed by atoms with Crippen molar-refractivity contribution in [2.45, 2.75) is 13.5 Å². The van der Waals surface area contributed by atoms with E-state index >= 15 is 0 Å². The second kappa shape index (κ2) is 6.68. The number of rotatable bonds is 5. The minimum absolute atomic E-state index is 0.165. The van der Waals surface area contributed by atoms with Crippen LogP contribution in [0, 0.1) is 6.92 Å². The minimum Gasteiger partial charge on any atom is -0.507 e. The molecule has 0 aliphatic heterocycles. The first kappa shape index (κ1) is 16.4. The molecular formula is C19H17N3O3S. The van der Waals surface area contributed by atoms with Crippen molar-refractivity contribution in [2.75, 3.05) is 7.11 Å². The van der Waals surface area contributed by atoms with E-state index in [0.29, 0.717) is 17.1 Å². The number of hydrogen-bond donors (Lipinski definition) is 1. The quantitative estimate of drug-likeness (QED) is 0.576. The Morgan fingerprint density at radius 1 is 1.19 bits per heavy atom. The van der Waals surface area contributed by atoms with E-state index in [0.717, 1.165) is 22.0 Å². The van der Waals surface area contributed by atoms with E-state index in [1.165, 1.54) is 11.3 Å². The fourth-order valence-electron chi connectivity index (χ4n) is 2.68. The lowest BCUT2D eigenvalue weighted by Crippen LogP contribution is -2.00. The lowest BCUT2D eigenvalue weighted by molar-refractivity contribution is 0.294. The van der Waals surface area contributed by atoms with Crippen LogP contribution >= 0.6 is 11.3 Å². The van der Waals surface area contributed by atoms with Crippen LogP contribution < -0.4 is 9.47 Å². The van der Waals surface area contributed by atoms with Gasteiger partial charge in [0, 0.05) is 10.9 Å². The molecule has 132 valence electrons. The number of aromatic hydroxyl groups is 1. The molecule has 0 unspecified atom stereocenters. The standard InChI is InChI=1S/C19H17N3O3S/c1-12-5-3-4-6-17(12)25-10-18-20-19-22(21-18)15(11-26-19)14-9-13(24-2)7-8-16(14)23/h3-9,11,23H,10H2,1-2H3. The number of thiazole rings is 1. The van der Waals surface area contributed by atoms with Gasteiger partial charge in [-0.15, -0.1) is 16.4 Å². The van der Waals surface area contributed by atoms with Gasteiger partial charge >= 0.3 is 0 Å². The number of ether oxygens (including phenoxy) is 2. The highest BCUT2D eigenvalue weighted by molar-refractivity contribution is 7.15. The van der Waals surface area contributed by atoms with Crippen molar-refractivity contribution in [3.8, 4) is 28.5 Å². The molecule has 26 heavy (non-hydrogen) atoms. The Bertz CT molecular complexity index is 1070. The second-order valence-electron chi connectivity index (χ2n) is 5.78. The van der Waals surface area contributed by atoms with Gasteiger partial charge in [0.15, 0.2) is 5.82 Å². The maximum Gasteiger partial charge on any atom is 0.212 e. The summed E-state index contributed by atoms with van der Waals surface area (Å²) in [7, 11) is 1.59.